The average molecular weight is 390 g/mol. The summed E-state index contributed by atoms with van der Waals surface area (Å²) in [4.78, 5) is 0.0396. The Morgan fingerprint density at radius 3 is 2.46 bits per heavy atom. The van der Waals surface area contributed by atoms with Crippen molar-refractivity contribution >= 4 is 10.0 Å². The van der Waals surface area contributed by atoms with Crippen LogP contribution in [0.15, 0.2) is 33.7 Å². The topological polar surface area (TPSA) is 72.2 Å². The van der Waals surface area contributed by atoms with Gasteiger partial charge in [-0.1, -0.05) is 38.1 Å². The number of hydrogen-bond donors (Lipinski definition) is 1. The summed E-state index contributed by atoms with van der Waals surface area (Å²) in [5.41, 5.74) is 0.745. The summed E-state index contributed by atoms with van der Waals surface area (Å²) in [5, 5.41) is 3.41. The van der Waals surface area contributed by atoms with Crippen molar-refractivity contribution in [3.63, 3.8) is 0 Å². The summed E-state index contributed by atoms with van der Waals surface area (Å²) >= 11 is 0. The molecule has 1 aromatic carbocycles. The predicted octanol–water partition coefficient (Wildman–Crippen LogP) is 4.25. The van der Waals surface area contributed by atoms with Crippen LogP contribution in [0.3, 0.4) is 0 Å². The maximum Gasteiger partial charge on any atom is 0.452 e. The van der Waals surface area contributed by atoms with Gasteiger partial charge in [-0.05, 0) is 30.4 Å². The summed E-state index contributed by atoms with van der Waals surface area (Å²) in [6.07, 6.45) is -3.51. The lowest BCUT2D eigenvalue weighted by Gasteiger charge is -2.12. The lowest BCUT2D eigenvalue weighted by atomic mass is 10.1. The second-order valence-corrected chi connectivity index (χ2v) is 8.07. The Balaban J connectivity index is 2.38. The van der Waals surface area contributed by atoms with Crippen LogP contribution in [0.5, 0.6) is 0 Å². The molecule has 9 heteroatoms. The molecule has 0 saturated carbocycles. The highest BCUT2D eigenvalue weighted by atomic mass is 32.2. The Bertz CT molecular complexity index is 858. The third-order valence-corrected chi connectivity index (χ3v) is 5.38. The van der Waals surface area contributed by atoms with E-state index in [9.17, 15) is 21.6 Å². The number of nitrogens with zero attached hydrogens (tertiary/aromatic N) is 1. The highest BCUT2D eigenvalue weighted by Crippen LogP contribution is 2.33. The lowest BCUT2D eigenvalue weighted by molar-refractivity contribution is -0.155. The zero-order valence-electron chi connectivity index (χ0n) is 14.7. The molecule has 0 aliphatic carbocycles. The van der Waals surface area contributed by atoms with Crippen molar-refractivity contribution in [3.05, 3.63) is 35.6 Å². The average Bonchev–Trinajstić information content (AvgIpc) is 3.04. The molecule has 0 fully saturated rings. The van der Waals surface area contributed by atoms with E-state index in [-0.39, 0.29) is 22.7 Å². The van der Waals surface area contributed by atoms with E-state index < -0.39 is 22.0 Å². The van der Waals surface area contributed by atoms with Crippen LogP contribution < -0.4 is 4.72 Å². The molecule has 1 N–H and O–H groups in total. The van der Waals surface area contributed by atoms with Crippen molar-refractivity contribution < 1.29 is 26.1 Å². The van der Waals surface area contributed by atoms with Crippen molar-refractivity contribution in [1.29, 1.82) is 0 Å². The summed E-state index contributed by atoms with van der Waals surface area (Å²) in [5.74, 6) is -0.892. The Kier molecular flexibility index (Phi) is 6.13. The first kappa shape index (κ1) is 20.4. The third kappa shape index (κ3) is 4.85. The van der Waals surface area contributed by atoms with Gasteiger partial charge in [-0.15, -0.1) is 0 Å². The number of sulfonamides is 1. The highest BCUT2D eigenvalue weighted by molar-refractivity contribution is 7.89. The first-order valence-electron chi connectivity index (χ1n) is 8.21. The molecule has 0 unspecified atom stereocenters. The van der Waals surface area contributed by atoms with E-state index in [1.807, 2.05) is 13.8 Å². The van der Waals surface area contributed by atoms with Crippen LogP contribution >= 0.6 is 0 Å². The van der Waals surface area contributed by atoms with Gasteiger partial charge in [0.15, 0.2) is 0 Å². The fourth-order valence-electron chi connectivity index (χ4n) is 2.36. The van der Waals surface area contributed by atoms with Gasteiger partial charge in [0.2, 0.25) is 15.8 Å². The second kappa shape index (κ2) is 7.79. The van der Waals surface area contributed by atoms with Crippen LogP contribution in [0.2, 0.25) is 0 Å². The quantitative estimate of drug-likeness (QED) is 0.767. The van der Waals surface area contributed by atoms with Crippen LogP contribution in [0.4, 0.5) is 13.2 Å². The van der Waals surface area contributed by atoms with Gasteiger partial charge in [0.1, 0.15) is 5.69 Å². The number of aromatic nitrogens is 1. The minimum atomic E-state index is -4.65. The Hall–Kier alpha value is -1.87. The lowest BCUT2D eigenvalue weighted by Crippen LogP contribution is -2.26. The molecule has 0 atom stereocenters. The van der Waals surface area contributed by atoms with E-state index in [1.165, 1.54) is 12.1 Å². The number of alkyl halides is 3. The molecule has 2 aromatic rings. The molecule has 0 amide bonds. The van der Waals surface area contributed by atoms with Gasteiger partial charge >= 0.3 is 6.18 Å². The first-order chi connectivity index (χ1) is 12.0. The summed E-state index contributed by atoms with van der Waals surface area (Å²) in [6.45, 7) is 6.06. The van der Waals surface area contributed by atoms with Crippen LogP contribution in [0.25, 0.3) is 11.3 Å². The van der Waals surface area contributed by atoms with E-state index in [1.54, 1.807) is 13.0 Å². The van der Waals surface area contributed by atoms with E-state index in [0.29, 0.717) is 24.3 Å². The number of hydrogen-bond acceptors (Lipinski definition) is 4. The number of nitrogens with one attached hydrogen (secondary N) is 1. The van der Waals surface area contributed by atoms with Gasteiger partial charge in [-0.25, -0.2) is 13.1 Å². The van der Waals surface area contributed by atoms with Crippen molar-refractivity contribution in [2.75, 3.05) is 6.54 Å². The van der Waals surface area contributed by atoms with Gasteiger partial charge in [0, 0.05) is 18.2 Å². The fraction of sp³-hybridized carbons (Fsp3) is 0.471. The molecule has 0 spiro atoms. The zero-order valence-corrected chi connectivity index (χ0v) is 15.5. The molecular formula is C17H21F3N2O3S. The third-order valence-electron chi connectivity index (χ3n) is 3.84. The molecule has 1 aromatic heterocycles. The molecule has 5 nitrogen and oxygen atoms in total. The van der Waals surface area contributed by atoms with E-state index in [4.69, 9.17) is 0 Å². The predicted molar refractivity (Wildman–Crippen MR) is 91.0 cm³/mol. The molecule has 0 aliphatic rings. The number of rotatable bonds is 7. The first-order valence-corrected chi connectivity index (χ1v) is 9.69. The molecule has 0 aliphatic heterocycles. The molecule has 2 rings (SSSR count). The smallest absolute Gasteiger partial charge is 0.351 e. The zero-order chi connectivity index (χ0) is 19.5. The minimum Gasteiger partial charge on any atom is -0.351 e. The second-order valence-electron chi connectivity index (χ2n) is 6.33. The van der Waals surface area contributed by atoms with Gasteiger partial charge in [0.25, 0.3) is 0 Å². The highest BCUT2D eigenvalue weighted by Gasteiger charge is 2.36. The Morgan fingerprint density at radius 1 is 1.23 bits per heavy atom. The van der Waals surface area contributed by atoms with Crippen molar-refractivity contribution in [1.82, 2.24) is 9.88 Å². The van der Waals surface area contributed by atoms with Crippen LogP contribution in [0.1, 0.15) is 38.5 Å². The van der Waals surface area contributed by atoms with Crippen molar-refractivity contribution in [2.45, 2.75) is 44.7 Å². The van der Waals surface area contributed by atoms with Crippen LogP contribution in [-0.2, 0) is 22.6 Å². The van der Waals surface area contributed by atoms with E-state index >= 15 is 0 Å². The molecule has 0 saturated heterocycles. The van der Waals surface area contributed by atoms with Gasteiger partial charge in [-0.2, -0.15) is 13.2 Å². The molecule has 144 valence electrons. The summed E-state index contributed by atoms with van der Waals surface area (Å²) < 4.78 is 70.1. The SMILES string of the molecule is CCc1ccc(-c2cc(C(F)(F)F)on2)cc1S(=O)(=O)NCCC(C)C. The normalized spacial score (nSPS) is 12.7. The van der Waals surface area contributed by atoms with Gasteiger partial charge < -0.3 is 4.52 Å². The number of halogens is 3. The monoisotopic (exact) mass is 390 g/mol. The Labute approximate surface area is 150 Å². The maximum atomic E-state index is 12.7. The van der Waals surface area contributed by atoms with Crippen molar-refractivity contribution in [3.8, 4) is 11.3 Å². The van der Waals surface area contributed by atoms with Crippen LogP contribution in [-0.4, -0.2) is 20.1 Å². The largest absolute Gasteiger partial charge is 0.452 e. The molecule has 26 heavy (non-hydrogen) atoms. The molecular weight excluding hydrogens is 369 g/mol. The number of benzene rings is 1. The molecule has 1 heterocycles. The minimum absolute atomic E-state index is 0.0396. The van der Waals surface area contributed by atoms with Gasteiger partial charge in [0.05, 0.1) is 4.90 Å². The van der Waals surface area contributed by atoms with Gasteiger partial charge in [-0.3, -0.25) is 0 Å². The number of aryl methyl sites for hydroxylation is 1. The maximum absolute atomic E-state index is 12.7. The standard InChI is InChI=1S/C17H21F3N2O3S/c1-4-12-5-6-13(14-10-16(25-22-14)17(18,19)20)9-15(12)26(23,24)21-8-7-11(2)3/h5-6,9-11,21H,4,7-8H2,1-3H3. The van der Waals surface area contributed by atoms with E-state index in [0.717, 1.165) is 6.07 Å². The fourth-order valence-corrected chi connectivity index (χ4v) is 3.74. The van der Waals surface area contributed by atoms with Crippen LogP contribution in [0, 0.1) is 5.92 Å². The van der Waals surface area contributed by atoms with E-state index in [2.05, 4.69) is 14.4 Å². The van der Waals surface area contributed by atoms with Crippen molar-refractivity contribution in [2.24, 2.45) is 5.92 Å². The summed E-state index contributed by atoms with van der Waals surface area (Å²) in [6, 6.07) is 5.19. The summed E-state index contributed by atoms with van der Waals surface area (Å²) in [7, 11) is -3.78. The molecule has 0 bridgehead atoms. The Morgan fingerprint density at radius 2 is 1.92 bits per heavy atom. The molecule has 0 radical (unpaired) electrons.